The van der Waals surface area contributed by atoms with Gasteiger partial charge in [-0.25, -0.2) is 0 Å². The molecule has 12 unspecified atom stereocenters. The highest BCUT2D eigenvalue weighted by atomic mass is 32.2. The average Bonchev–Trinajstić information content (AvgIpc) is 2.81. The number of aliphatic hydroxyl groups is 1. The second-order valence-corrected chi connectivity index (χ2v) is 15.3. The van der Waals surface area contributed by atoms with E-state index in [9.17, 15) is 44.6 Å². The van der Waals surface area contributed by atoms with E-state index in [4.69, 9.17) is 4.18 Å². The third kappa shape index (κ3) is 7.05. The number of nitrogens with zero attached hydrogens (tertiary/aromatic N) is 2. The van der Waals surface area contributed by atoms with E-state index in [1.807, 2.05) is 0 Å². The van der Waals surface area contributed by atoms with Gasteiger partial charge in [0.1, 0.15) is 17.4 Å². The molecule has 14 nitrogen and oxygen atoms in total. The van der Waals surface area contributed by atoms with E-state index in [-0.39, 0.29) is 31.1 Å². The van der Waals surface area contributed by atoms with Crippen LogP contribution >= 0.6 is 0 Å². The summed E-state index contributed by atoms with van der Waals surface area (Å²) in [6.07, 6.45) is 1.55. The quantitative estimate of drug-likeness (QED) is 0.155. The van der Waals surface area contributed by atoms with Crippen LogP contribution in [0.15, 0.2) is 10.2 Å². The summed E-state index contributed by atoms with van der Waals surface area (Å²) >= 11 is -2.78. The smallest absolute Gasteiger partial charge is 0.302 e. The van der Waals surface area contributed by atoms with Crippen molar-refractivity contribution < 1.29 is 48.8 Å². The standard InChI is InChI=1S/C22H37N3O11S3/c1-11(26)23-17-10-14(38(30,31)32)8-13-9-18(36-37(28)29)20(21(27)19(13)17)25-24-16-7-6-12-4-2-3-5-15(12)22(16)39(33,34)35/h12-22,27H,2-10H2,1H3,(H,23,26)(H,28,29)(H,30,31,32)(H,33,34,35). The Morgan fingerprint density at radius 3 is 2.26 bits per heavy atom. The SMILES string of the molecule is CC(=O)NC1CC(S(=O)(=O)O)CC2CC(OS(=O)O)C(N=NC3CCC4CCCCC4C3S(=O)(=O)O)C(O)C21. The Hall–Kier alpha value is -1.08. The van der Waals surface area contributed by atoms with Crippen molar-refractivity contribution in [1.29, 1.82) is 0 Å². The Balaban J connectivity index is 1.64. The molecule has 0 bridgehead atoms. The molecule has 17 heteroatoms. The first kappa shape index (κ1) is 30.9. The summed E-state index contributed by atoms with van der Waals surface area (Å²) in [4.78, 5) is 11.9. The summed E-state index contributed by atoms with van der Waals surface area (Å²) in [5.41, 5.74) is 0. The molecule has 0 aromatic carbocycles. The zero-order chi connectivity index (χ0) is 28.7. The fourth-order valence-electron chi connectivity index (χ4n) is 7.59. The summed E-state index contributed by atoms with van der Waals surface area (Å²) in [6, 6.07) is -2.97. The molecule has 5 N–H and O–H groups in total. The van der Waals surface area contributed by atoms with Gasteiger partial charge in [0.05, 0.1) is 17.4 Å². The van der Waals surface area contributed by atoms with Crippen molar-refractivity contribution in [3.8, 4) is 0 Å². The van der Waals surface area contributed by atoms with Crippen LogP contribution in [-0.2, 0) is 40.6 Å². The minimum absolute atomic E-state index is 0.0308. The third-order valence-electron chi connectivity index (χ3n) is 9.06. The summed E-state index contributed by atoms with van der Waals surface area (Å²) in [6.45, 7) is 1.23. The van der Waals surface area contributed by atoms with Gasteiger partial charge in [-0.2, -0.15) is 31.3 Å². The van der Waals surface area contributed by atoms with Crippen molar-refractivity contribution in [2.75, 3.05) is 0 Å². The molecular weight excluding hydrogens is 578 g/mol. The molecule has 4 fully saturated rings. The number of amides is 1. The van der Waals surface area contributed by atoms with Crippen LogP contribution in [0.4, 0.5) is 0 Å². The zero-order valence-electron chi connectivity index (χ0n) is 21.5. The van der Waals surface area contributed by atoms with Gasteiger partial charge in [-0.1, -0.05) is 19.3 Å². The van der Waals surface area contributed by atoms with Gasteiger partial charge in [-0.3, -0.25) is 22.6 Å². The zero-order valence-corrected chi connectivity index (χ0v) is 23.9. The Morgan fingerprint density at radius 1 is 0.949 bits per heavy atom. The maximum absolute atomic E-state index is 12.4. The van der Waals surface area contributed by atoms with Crippen LogP contribution in [0.3, 0.4) is 0 Å². The number of hydrogen-bond donors (Lipinski definition) is 5. The molecule has 12 atom stereocenters. The number of fused-ring (bicyclic) bond motifs is 2. The summed E-state index contributed by atoms with van der Waals surface area (Å²) in [5.74, 6) is -1.96. The van der Waals surface area contributed by atoms with Gasteiger partial charge in [0.2, 0.25) is 5.91 Å². The Morgan fingerprint density at radius 2 is 1.64 bits per heavy atom. The maximum Gasteiger partial charge on any atom is 0.302 e. The van der Waals surface area contributed by atoms with E-state index in [0.717, 1.165) is 19.3 Å². The lowest BCUT2D eigenvalue weighted by molar-refractivity contribution is -0.122. The van der Waals surface area contributed by atoms with Crippen molar-refractivity contribution in [1.82, 2.24) is 5.32 Å². The molecule has 0 aromatic rings. The van der Waals surface area contributed by atoms with Crippen molar-refractivity contribution in [3.05, 3.63) is 0 Å². The van der Waals surface area contributed by atoms with E-state index in [1.165, 1.54) is 6.92 Å². The fourth-order valence-corrected chi connectivity index (χ4v) is 10.3. The summed E-state index contributed by atoms with van der Waals surface area (Å²) in [7, 11) is -8.95. The van der Waals surface area contributed by atoms with Crippen LogP contribution < -0.4 is 5.32 Å². The Kier molecular flexibility index (Phi) is 9.52. The normalized spacial score (nSPS) is 42.3. The molecule has 0 heterocycles. The lowest BCUT2D eigenvalue weighted by Crippen LogP contribution is -2.61. The second-order valence-electron chi connectivity index (χ2n) is 11.4. The lowest BCUT2D eigenvalue weighted by atomic mass is 9.64. The van der Waals surface area contributed by atoms with Gasteiger partial charge in [-0.15, -0.1) is 0 Å². The van der Waals surface area contributed by atoms with Gasteiger partial charge in [0.15, 0.2) is 0 Å². The van der Waals surface area contributed by atoms with Crippen LogP contribution in [0.2, 0.25) is 0 Å². The molecule has 1 amide bonds. The third-order valence-corrected chi connectivity index (χ3v) is 12.1. The van der Waals surface area contributed by atoms with Gasteiger partial charge >= 0.3 is 11.4 Å². The highest BCUT2D eigenvalue weighted by molar-refractivity contribution is 7.86. The predicted molar refractivity (Wildman–Crippen MR) is 138 cm³/mol. The van der Waals surface area contributed by atoms with Gasteiger partial charge in [-0.05, 0) is 56.3 Å². The molecule has 0 aromatic heterocycles. The highest BCUT2D eigenvalue weighted by Gasteiger charge is 2.54. The lowest BCUT2D eigenvalue weighted by Gasteiger charge is -2.49. The first-order valence-corrected chi connectivity index (χ1v) is 17.3. The van der Waals surface area contributed by atoms with Crippen molar-refractivity contribution in [2.24, 2.45) is 33.9 Å². The molecule has 0 saturated heterocycles. The number of carbonyl (C=O) groups is 1. The maximum atomic E-state index is 12.4. The predicted octanol–water partition coefficient (Wildman–Crippen LogP) is 1.11. The topological polar surface area (TPSA) is 229 Å². The minimum Gasteiger partial charge on any atom is -0.390 e. The summed E-state index contributed by atoms with van der Waals surface area (Å²) < 4.78 is 94.7. The van der Waals surface area contributed by atoms with E-state index in [1.54, 1.807) is 0 Å². The number of nitrogens with one attached hydrogen (secondary N) is 1. The van der Waals surface area contributed by atoms with Crippen LogP contribution in [0.5, 0.6) is 0 Å². The molecule has 4 aliphatic carbocycles. The number of carbonyl (C=O) groups excluding carboxylic acids is 1. The first-order chi connectivity index (χ1) is 18.2. The molecule has 4 rings (SSSR count). The molecule has 4 aliphatic rings. The Bertz CT molecular complexity index is 1180. The Labute approximate surface area is 230 Å². The number of rotatable bonds is 7. The average molecular weight is 616 g/mol. The van der Waals surface area contributed by atoms with Crippen molar-refractivity contribution in [3.63, 3.8) is 0 Å². The molecule has 39 heavy (non-hydrogen) atoms. The van der Waals surface area contributed by atoms with Gasteiger partial charge < -0.3 is 10.4 Å². The minimum atomic E-state index is -4.48. The number of aliphatic hydroxyl groups excluding tert-OH is 1. The van der Waals surface area contributed by atoms with E-state index in [0.29, 0.717) is 19.3 Å². The van der Waals surface area contributed by atoms with Gasteiger partial charge in [0, 0.05) is 18.9 Å². The molecular formula is C22H37N3O11S3. The van der Waals surface area contributed by atoms with E-state index >= 15 is 0 Å². The molecule has 4 saturated carbocycles. The van der Waals surface area contributed by atoms with E-state index in [2.05, 4.69) is 15.5 Å². The summed E-state index contributed by atoms with van der Waals surface area (Å²) in [5, 5.41) is 20.2. The monoisotopic (exact) mass is 615 g/mol. The largest absolute Gasteiger partial charge is 0.390 e. The van der Waals surface area contributed by atoms with Crippen LogP contribution in [0, 0.1) is 23.7 Å². The van der Waals surface area contributed by atoms with Gasteiger partial charge in [0.25, 0.3) is 20.2 Å². The molecule has 0 aliphatic heterocycles. The van der Waals surface area contributed by atoms with Crippen LogP contribution in [0.1, 0.15) is 64.7 Å². The first-order valence-electron chi connectivity index (χ1n) is 13.2. The second kappa shape index (κ2) is 12.0. The van der Waals surface area contributed by atoms with Crippen molar-refractivity contribution >= 4 is 37.5 Å². The fraction of sp³-hybridized carbons (Fsp3) is 0.955. The molecule has 0 spiro atoms. The van der Waals surface area contributed by atoms with Crippen LogP contribution in [-0.4, -0.2) is 86.5 Å². The molecule has 224 valence electrons. The van der Waals surface area contributed by atoms with Crippen molar-refractivity contribution in [2.45, 2.75) is 106 Å². The van der Waals surface area contributed by atoms with E-state index < -0.39 is 90.2 Å². The number of hydrogen-bond acceptors (Lipinski definition) is 10. The molecule has 0 radical (unpaired) electrons. The highest BCUT2D eigenvalue weighted by Crippen LogP contribution is 2.46. The van der Waals surface area contributed by atoms with Crippen LogP contribution in [0.25, 0.3) is 0 Å². The number of azo groups is 1.